The molecule has 0 heterocycles. The minimum atomic E-state index is 0. The second-order valence-electron chi connectivity index (χ2n) is 8.23. The number of nitrogens with one attached hydrogen (secondary N) is 3. The molecule has 0 unspecified atom stereocenters. The van der Waals surface area contributed by atoms with E-state index in [-0.39, 0.29) is 30.7 Å². The number of carbonyl (C=O) groups excluding carboxylic acids is 1. The van der Waals surface area contributed by atoms with Gasteiger partial charge >= 0.3 is 0 Å². The van der Waals surface area contributed by atoms with Gasteiger partial charge < -0.3 is 44.8 Å². The van der Waals surface area contributed by atoms with E-state index in [2.05, 4.69) is 67.2 Å². The molecule has 9 heteroatoms. The first kappa shape index (κ1) is 32.8. The highest BCUT2D eigenvalue weighted by molar-refractivity contribution is 5.91. The van der Waals surface area contributed by atoms with E-state index >= 15 is 0 Å². The predicted octanol–water partition coefficient (Wildman–Crippen LogP) is -3.28. The van der Waals surface area contributed by atoms with E-state index in [9.17, 15) is 4.79 Å². The molecule has 7 nitrogen and oxygen atoms in total. The van der Waals surface area contributed by atoms with Crippen LogP contribution in [-0.2, 0) is 4.79 Å². The highest BCUT2D eigenvalue weighted by atomic mass is 35.5. The molecule has 0 aliphatic heterocycles. The fraction of sp³-hybridized carbons (Fsp3) is 0.500. The average molecular weight is 526 g/mol. The maximum Gasteiger partial charge on any atom is 0.279 e. The van der Waals surface area contributed by atoms with Crippen molar-refractivity contribution in [3.8, 4) is 0 Å². The van der Waals surface area contributed by atoms with E-state index in [4.69, 9.17) is 0 Å². The first-order valence-electron chi connectivity index (χ1n) is 12.4. The molecular weight excluding hydrogens is 483 g/mol. The number of carbonyl (C=O) groups is 1. The highest BCUT2D eigenvalue weighted by Gasteiger charge is 2.11. The molecule has 196 valence electrons. The Bertz CT molecular complexity index is 853. The van der Waals surface area contributed by atoms with Crippen LogP contribution >= 0.6 is 0 Å². The van der Waals surface area contributed by atoms with Gasteiger partial charge in [0.2, 0.25) is 0 Å². The minimum absolute atomic E-state index is 0. The smallest absolute Gasteiger partial charge is 0.279 e. The summed E-state index contributed by atoms with van der Waals surface area (Å²) in [5.74, 6) is 0.0304. The van der Waals surface area contributed by atoms with Crippen LogP contribution in [0.25, 0.3) is 0 Å². The fourth-order valence-corrected chi connectivity index (χ4v) is 3.76. The Labute approximate surface area is 223 Å². The van der Waals surface area contributed by atoms with Crippen molar-refractivity contribution in [2.75, 3.05) is 62.6 Å². The van der Waals surface area contributed by atoms with Crippen molar-refractivity contribution < 1.29 is 39.4 Å². The van der Waals surface area contributed by atoms with Gasteiger partial charge in [-0.3, -0.25) is 4.79 Å². The summed E-state index contributed by atoms with van der Waals surface area (Å²) < 4.78 is 0. The van der Waals surface area contributed by atoms with Crippen LogP contribution in [0.15, 0.2) is 58.8 Å². The molecule has 0 fully saturated rings. The van der Waals surface area contributed by atoms with Gasteiger partial charge in [0.1, 0.15) is 0 Å². The lowest BCUT2D eigenvalue weighted by molar-refractivity contribution is -0.894. The van der Waals surface area contributed by atoms with E-state index in [1.807, 2.05) is 36.4 Å². The topological polar surface area (TPSA) is 65.9 Å². The Morgan fingerprint density at radius 3 is 1.71 bits per heavy atom. The standard InChI is InChI=1S/C26H40N6O.2ClH/c1-6-30(7-2)19-20-32(10-5)25-17-15-24(16-18-25)29-28-23-13-11-22(12-14-23)27-26(33)21-31(8-3)9-4;;/h11-18H,6-10,19-21H2,1-5H3,(H,27,33);2*1H. The number of azo groups is 1. The van der Waals surface area contributed by atoms with Crippen LogP contribution in [0, 0.1) is 0 Å². The summed E-state index contributed by atoms with van der Waals surface area (Å²) in [5, 5.41) is 11.7. The van der Waals surface area contributed by atoms with Gasteiger partial charge in [0, 0.05) is 17.9 Å². The summed E-state index contributed by atoms with van der Waals surface area (Å²) in [4.78, 5) is 17.4. The van der Waals surface area contributed by atoms with Gasteiger partial charge in [-0.05, 0) is 83.1 Å². The third-order valence-corrected chi connectivity index (χ3v) is 6.17. The van der Waals surface area contributed by atoms with Gasteiger partial charge in [-0.2, -0.15) is 10.2 Å². The van der Waals surface area contributed by atoms with Crippen LogP contribution in [-0.4, -0.2) is 58.3 Å². The van der Waals surface area contributed by atoms with Crippen LogP contribution in [0.5, 0.6) is 0 Å². The summed E-state index contributed by atoms with van der Waals surface area (Å²) >= 11 is 0. The van der Waals surface area contributed by atoms with Crippen molar-refractivity contribution in [1.29, 1.82) is 0 Å². The number of halogens is 2. The van der Waals surface area contributed by atoms with Crippen LogP contribution in [0.4, 0.5) is 22.7 Å². The van der Waals surface area contributed by atoms with E-state index in [0.717, 1.165) is 62.9 Å². The Balaban J connectivity index is 0.00000578. The average Bonchev–Trinajstić information content (AvgIpc) is 2.85. The summed E-state index contributed by atoms with van der Waals surface area (Å²) in [6.07, 6.45) is 0. The molecule has 0 aliphatic carbocycles. The monoisotopic (exact) mass is 524 g/mol. The van der Waals surface area contributed by atoms with Gasteiger partial charge in [-0.1, -0.05) is 0 Å². The second-order valence-corrected chi connectivity index (χ2v) is 8.23. The zero-order valence-electron chi connectivity index (χ0n) is 21.8. The largest absolute Gasteiger partial charge is 1.00 e. The molecule has 0 spiro atoms. The van der Waals surface area contributed by atoms with Crippen LogP contribution in [0.1, 0.15) is 34.6 Å². The molecule has 1 amide bonds. The van der Waals surface area contributed by atoms with Crippen LogP contribution in [0.3, 0.4) is 0 Å². The minimum Gasteiger partial charge on any atom is -1.00 e. The maximum absolute atomic E-state index is 12.2. The van der Waals surface area contributed by atoms with E-state index < -0.39 is 0 Å². The van der Waals surface area contributed by atoms with Crippen molar-refractivity contribution in [1.82, 2.24) is 0 Å². The molecule has 3 N–H and O–H groups in total. The Morgan fingerprint density at radius 2 is 1.26 bits per heavy atom. The summed E-state index contributed by atoms with van der Waals surface area (Å²) in [5.41, 5.74) is 3.57. The third-order valence-electron chi connectivity index (χ3n) is 6.17. The molecule has 2 rings (SSSR count). The van der Waals surface area contributed by atoms with Crippen LogP contribution < -0.4 is 44.8 Å². The molecule has 0 saturated heterocycles. The Morgan fingerprint density at radius 1 is 0.771 bits per heavy atom. The quantitative estimate of drug-likeness (QED) is 0.227. The number of hydrogen-bond acceptors (Lipinski definition) is 4. The zero-order chi connectivity index (χ0) is 24.1. The molecule has 35 heavy (non-hydrogen) atoms. The van der Waals surface area contributed by atoms with Crippen molar-refractivity contribution in [2.45, 2.75) is 34.6 Å². The lowest BCUT2D eigenvalue weighted by Crippen LogP contribution is -3.12. The molecule has 0 bridgehead atoms. The number of hydrogen-bond donors (Lipinski definition) is 3. The molecule has 2 aromatic rings. The molecule has 2 aromatic carbocycles. The third kappa shape index (κ3) is 11.4. The van der Waals surface area contributed by atoms with E-state index in [1.54, 1.807) is 4.90 Å². The number of nitrogens with zero attached hydrogens (tertiary/aromatic N) is 3. The lowest BCUT2D eigenvalue weighted by Gasteiger charge is -2.25. The van der Waals surface area contributed by atoms with E-state index in [0.29, 0.717) is 6.54 Å². The molecule has 0 atom stereocenters. The molecule has 0 aliphatic rings. The number of benzene rings is 2. The Hall–Kier alpha value is -2.19. The molecule has 0 radical (unpaired) electrons. The van der Waals surface area contributed by atoms with Crippen LogP contribution in [0.2, 0.25) is 0 Å². The normalized spacial score (nSPS) is 10.8. The molecular formula is C26H42Cl2N6O. The van der Waals surface area contributed by atoms with Gasteiger partial charge in [-0.15, -0.1) is 0 Å². The number of quaternary nitrogens is 2. The Kier molecular flexibility index (Phi) is 17.0. The second kappa shape index (κ2) is 18.1. The molecule has 0 saturated carbocycles. The van der Waals surface area contributed by atoms with Gasteiger partial charge in [0.05, 0.1) is 50.6 Å². The van der Waals surface area contributed by atoms with Crippen molar-refractivity contribution in [3.63, 3.8) is 0 Å². The van der Waals surface area contributed by atoms with Crippen molar-refractivity contribution in [2.24, 2.45) is 10.2 Å². The van der Waals surface area contributed by atoms with Crippen molar-refractivity contribution >= 4 is 28.7 Å². The zero-order valence-corrected chi connectivity index (χ0v) is 23.3. The van der Waals surface area contributed by atoms with Gasteiger partial charge in [0.25, 0.3) is 5.91 Å². The first-order valence-corrected chi connectivity index (χ1v) is 12.4. The molecule has 0 aromatic heterocycles. The first-order chi connectivity index (χ1) is 16.0. The number of likely N-dealkylation sites (N-methyl/N-ethyl adjacent to an activating group) is 3. The highest BCUT2D eigenvalue weighted by Crippen LogP contribution is 2.23. The van der Waals surface area contributed by atoms with Gasteiger partial charge in [0.15, 0.2) is 6.54 Å². The summed E-state index contributed by atoms with van der Waals surface area (Å²) in [6, 6.07) is 15.7. The van der Waals surface area contributed by atoms with Gasteiger partial charge in [-0.25, -0.2) is 0 Å². The number of rotatable bonds is 14. The maximum atomic E-state index is 12.2. The fourth-order valence-electron chi connectivity index (χ4n) is 3.76. The SMILES string of the molecule is CCN(CC[NH+](CC)CC)c1ccc(N=Nc2ccc(NC(=O)C[NH+](CC)CC)cc2)cc1.[Cl-].[Cl-]. The van der Waals surface area contributed by atoms with E-state index in [1.165, 1.54) is 10.6 Å². The van der Waals surface area contributed by atoms with Crippen molar-refractivity contribution in [3.05, 3.63) is 48.5 Å². The lowest BCUT2D eigenvalue weighted by atomic mass is 10.2. The summed E-state index contributed by atoms with van der Waals surface area (Å²) in [7, 11) is 0. The number of anilines is 2. The number of amides is 1. The predicted molar refractivity (Wildman–Crippen MR) is 137 cm³/mol. The summed E-state index contributed by atoms with van der Waals surface area (Å²) in [6.45, 7) is 18.7.